The SMILES string of the molecule is C[N+]1=C(C=CC(Br)=CC=C2Cc3ccccc3N2)C(C)(C)c2ccccc21. The van der Waals surface area contributed by atoms with Crippen molar-refractivity contribution in [2.45, 2.75) is 25.7 Å². The van der Waals surface area contributed by atoms with Crippen molar-refractivity contribution in [2.75, 3.05) is 12.4 Å². The average molecular weight is 420 g/mol. The van der Waals surface area contributed by atoms with E-state index in [1.165, 1.54) is 33.9 Å². The van der Waals surface area contributed by atoms with Crippen LogP contribution in [0.25, 0.3) is 0 Å². The number of allylic oxidation sites excluding steroid dienone is 6. The molecule has 0 saturated heterocycles. The van der Waals surface area contributed by atoms with Crippen LogP contribution in [0, 0.1) is 0 Å². The summed E-state index contributed by atoms with van der Waals surface area (Å²) in [5.74, 6) is 0. The van der Waals surface area contributed by atoms with E-state index in [0.29, 0.717) is 0 Å². The topological polar surface area (TPSA) is 15.0 Å². The average Bonchev–Trinajstić information content (AvgIpc) is 3.16. The lowest BCUT2D eigenvalue weighted by molar-refractivity contribution is -0.401. The van der Waals surface area contributed by atoms with Gasteiger partial charge in [0.15, 0.2) is 5.71 Å². The summed E-state index contributed by atoms with van der Waals surface area (Å²) in [6, 6.07) is 17.1. The summed E-state index contributed by atoms with van der Waals surface area (Å²) in [4.78, 5) is 0. The number of hydrogen-bond donors (Lipinski definition) is 1. The summed E-state index contributed by atoms with van der Waals surface area (Å²) in [6.07, 6.45) is 9.57. The molecular weight excluding hydrogens is 396 g/mol. The molecule has 0 amide bonds. The van der Waals surface area contributed by atoms with Crippen LogP contribution < -0.4 is 5.32 Å². The molecule has 1 N–H and O–H groups in total. The fourth-order valence-electron chi connectivity index (χ4n) is 4.02. The first-order chi connectivity index (χ1) is 13.0. The zero-order chi connectivity index (χ0) is 19.0. The summed E-state index contributed by atoms with van der Waals surface area (Å²) in [6.45, 7) is 4.57. The van der Waals surface area contributed by atoms with Gasteiger partial charge in [-0.1, -0.05) is 52.3 Å². The molecule has 0 radical (unpaired) electrons. The Kier molecular flexibility index (Phi) is 4.65. The highest BCUT2D eigenvalue weighted by atomic mass is 79.9. The Morgan fingerprint density at radius 1 is 1.11 bits per heavy atom. The van der Waals surface area contributed by atoms with Crippen LogP contribution in [0.5, 0.6) is 0 Å². The molecule has 136 valence electrons. The second-order valence-corrected chi connectivity index (χ2v) is 8.54. The maximum Gasteiger partial charge on any atom is 0.209 e. The Bertz CT molecular complexity index is 995. The van der Waals surface area contributed by atoms with Crippen molar-refractivity contribution in [1.29, 1.82) is 0 Å². The molecule has 0 fully saturated rings. The molecule has 0 bridgehead atoms. The third kappa shape index (κ3) is 3.32. The first-order valence-corrected chi connectivity index (χ1v) is 10.1. The first kappa shape index (κ1) is 18.0. The minimum Gasteiger partial charge on any atom is -0.358 e. The molecule has 0 atom stereocenters. The van der Waals surface area contributed by atoms with Crippen molar-refractivity contribution in [2.24, 2.45) is 0 Å². The van der Waals surface area contributed by atoms with E-state index in [-0.39, 0.29) is 5.41 Å². The number of nitrogens with zero attached hydrogens (tertiary/aromatic N) is 1. The molecule has 0 aromatic heterocycles. The Morgan fingerprint density at radius 3 is 2.63 bits per heavy atom. The number of halogens is 1. The van der Waals surface area contributed by atoms with Gasteiger partial charge in [-0.3, -0.25) is 0 Å². The fraction of sp³-hybridized carbons (Fsp3) is 0.208. The molecule has 27 heavy (non-hydrogen) atoms. The van der Waals surface area contributed by atoms with Crippen molar-refractivity contribution >= 4 is 33.0 Å². The Hall–Kier alpha value is -2.39. The normalized spacial score (nSPS) is 19.6. The van der Waals surface area contributed by atoms with Crippen LogP contribution in [-0.4, -0.2) is 17.3 Å². The van der Waals surface area contributed by atoms with Crippen molar-refractivity contribution in [3.63, 3.8) is 0 Å². The minimum absolute atomic E-state index is 0.00222. The second kappa shape index (κ2) is 6.97. The lowest BCUT2D eigenvalue weighted by Crippen LogP contribution is -2.26. The smallest absolute Gasteiger partial charge is 0.209 e. The molecule has 0 saturated carbocycles. The van der Waals surface area contributed by atoms with Crippen molar-refractivity contribution in [3.8, 4) is 0 Å². The maximum atomic E-state index is 3.69. The number of benzene rings is 2. The third-order valence-electron chi connectivity index (χ3n) is 5.48. The van der Waals surface area contributed by atoms with Gasteiger partial charge in [-0.15, -0.1) is 0 Å². The Balaban J connectivity index is 1.53. The molecule has 2 aliphatic rings. The van der Waals surface area contributed by atoms with Crippen LogP contribution in [0.1, 0.15) is 25.0 Å². The summed E-state index contributed by atoms with van der Waals surface area (Å²) in [5, 5.41) is 3.48. The number of rotatable bonds is 3. The van der Waals surface area contributed by atoms with Crippen LogP contribution in [-0.2, 0) is 11.8 Å². The number of hydrogen-bond acceptors (Lipinski definition) is 1. The molecule has 0 spiro atoms. The predicted octanol–water partition coefficient (Wildman–Crippen LogP) is 6.08. The van der Waals surface area contributed by atoms with E-state index in [1.807, 2.05) is 0 Å². The molecular formula is C24H24BrN2+. The molecule has 4 rings (SSSR count). The first-order valence-electron chi connectivity index (χ1n) is 9.27. The standard InChI is InChI=1S/C24H23BrN2/c1-24(2)20-9-5-7-11-22(20)27(3)23(24)15-13-18(25)12-14-19-16-17-8-4-6-10-21(17)26-19/h4-15H,16H2,1-3H3/p+1. The molecule has 2 aromatic rings. The Labute approximate surface area is 169 Å². The summed E-state index contributed by atoms with van der Waals surface area (Å²) in [5.41, 5.74) is 7.76. The van der Waals surface area contributed by atoms with E-state index in [2.05, 4.69) is 120 Å². The van der Waals surface area contributed by atoms with Crippen molar-refractivity contribution in [3.05, 3.63) is 94.1 Å². The number of fused-ring (bicyclic) bond motifs is 2. The van der Waals surface area contributed by atoms with E-state index in [0.717, 1.165) is 10.9 Å². The summed E-state index contributed by atoms with van der Waals surface area (Å²) >= 11 is 3.69. The zero-order valence-electron chi connectivity index (χ0n) is 16.0. The molecule has 3 heteroatoms. The van der Waals surface area contributed by atoms with Gasteiger partial charge in [-0.2, -0.15) is 4.58 Å². The molecule has 2 nitrogen and oxygen atoms in total. The minimum atomic E-state index is 0.00222. The largest absolute Gasteiger partial charge is 0.358 e. The van der Waals surface area contributed by atoms with Crippen molar-refractivity contribution in [1.82, 2.24) is 0 Å². The second-order valence-electron chi connectivity index (χ2n) is 7.62. The van der Waals surface area contributed by atoms with Gasteiger partial charge >= 0.3 is 0 Å². The van der Waals surface area contributed by atoms with Gasteiger partial charge in [0.25, 0.3) is 0 Å². The van der Waals surface area contributed by atoms with E-state index in [1.54, 1.807) is 0 Å². The monoisotopic (exact) mass is 419 g/mol. The van der Waals surface area contributed by atoms with Gasteiger partial charge in [-0.05, 0) is 43.7 Å². The Morgan fingerprint density at radius 2 is 1.85 bits per heavy atom. The van der Waals surface area contributed by atoms with Gasteiger partial charge in [0.05, 0.1) is 5.41 Å². The molecule has 2 aromatic carbocycles. The van der Waals surface area contributed by atoms with Crippen LogP contribution in [0.2, 0.25) is 0 Å². The van der Waals surface area contributed by atoms with E-state index in [4.69, 9.17) is 0 Å². The van der Waals surface area contributed by atoms with Crippen molar-refractivity contribution < 1.29 is 4.58 Å². The number of anilines is 1. The lowest BCUT2D eigenvalue weighted by Gasteiger charge is -2.15. The van der Waals surface area contributed by atoms with Crippen LogP contribution in [0.4, 0.5) is 11.4 Å². The third-order valence-corrected chi connectivity index (χ3v) is 6.01. The van der Waals surface area contributed by atoms with E-state index < -0.39 is 0 Å². The van der Waals surface area contributed by atoms with Crippen LogP contribution >= 0.6 is 15.9 Å². The predicted molar refractivity (Wildman–Crippen MR) is 118 cm³/mol. The van der Waals surface area contributed by atoms with Gasteiger partial charge in [0.1, 0.15) is 7.05 Å². The van der Waals surface area contributed by atoms with Gasteiger partial charge in [0, 0.05) is 40.0 Å². The summed E-state index contributed by atoms with van der Waals surface area (Å²) in [7, 11) is 2.15. The molecule has 2 aliphatic heterocycles. The lowest BCUT2D eigenvalue weighted by atomic mass is 9.81. The van der Waals surface area contributed by atoms with E-state index >= 15 is 0 Å². The number of nitrogens with one attached hydrogen (secondary N) is 1. The maximum absolute atomic E-state index is 3.69. The van der Waals surface area contributed by atoms with Gasteiger partial charge < -0.3 is 5.32 Å². The molecule has 0 aliphatic carbocycles. The molecule has 2 heterocycles. The van der Waals surface area contributed by atoms with E-state index in [9.17, 15) is 0 Å². The highest BCUT2D eigenvalue weighted by Crippen LogP contribution is 2.39. The fourth-order valence-corrected chi connectivity index (χ4v) is 4.28. The quantitative estimate of drug-likeness (QED) is 0.470. The zero-order valence-corrected chi connectivity index (χ0v) is 17.5. The number of para-hydroxylation sites is 2. The molecule has 0 unspecified atom stereocenters. The highest BCUT2D eigenvalue weighted by Gasteiger charge is 2.42. The van der Waals surface area contributed by atoms with Gasteiger partial charge in [0.2, 0.25) is 5.69 Å². The van der Waals surface area contributed by atoms with Crippen LogP contribution in [0.15, 0.2) is 83.0 Å². The summed E-state index contributed by atoms with van der Waals surface area (Å²) < 4.78 is 3.35. The highest BCUT2D eigenvalue weighted by molar-refractivity contribution is 9.11. The van der Waals surface area contributed by atoms with Crippen LogP contribution in [0.3, 0.4) is 0 Å². The van der Waals surface area contributed by atoms with Gasteiger partial charge in [-0.25, -0.2) is 0 Å².